The Morgan fingerprint density at radius 2 is 0.864 bits per heavy atom. The zero-order valence-electron chi connectivity index (χ0n) is 33.0. The first-order chi connectivity index (χ1) is 29.0. The van der Waals surface area contributed by atoms with E-state index in [1.165, 1.54) is 66.2 Å². The Morgan fingerprint density at radius 3 is 1.71 bits per heavy atom. The molecule has 59 heavy (non-hydrogen) atoms. The summed E-state index contributed by atoms with van der Waals surface area (Å²) in [5.74, 6) is 0.701. The molecule has 1 aromatic heterocycles. The molecule has 0 fully saturated rings. The second kappa shape index (κ2) is 13.9. The smallest absolute Gasteiger partial charge is 0.160 e. The third-order valence-electron chi connectivity index (χ3n) is 12.3. The van der Waals surface area contributed by atoms with Gasteiger partial charge in [-0.1, -0.05) is 196 Å². The Hall–Kier alpha value is -7.42. The molecule has 0 spiro atoms. The summed E-state index contributed by atoms with van der Waals surface area (Å²) in [6.07, 6.45) is 0. The van der Waals surface area contributed by atoms with Crippen LogP contribution in [0.3, 0.4) is 0 Å². The van der Waals surface area contributed by atoms with E-state index >= 15 is 0 Å². The van der Waals surface area contributed by atoms with Crippen LogP contribution < -0.4 is 0 Å². The molecule has 0 unspecified atom stereocenters. The normalized spacial score (nSPS) is 12.7. The van der Waals surface area contributed by atoms with Crippen LogP contribution in [-0.2, 0) is 5.41 Å². The molecule has 278 valence electrons. The predicted molar refractivity (Wildman–Crippen MR) is 247 cm³/mol. The van der Waals surface area contributed by atoms with Gasteiger partial charge in [0, 0.05) is 22.1 Å². The molecule has 1 heterocycles. The molecule has 0 N–H and O–H groups in total. The number of aromatic nitrogens is 2. The van der Waals surface area contributed by atoms with Crippen molar-refractivity contribution in [3.8, 4) is 78.4 Å². The fraction of sp³-hybridized carbons (Fsp3) is 0.0526. The van der Waals surface area contributed by atoms with Crippen LogP contribution in [0.5, 0.6) is 0 Å². The molecular formula is C57H40N2. The molecule has 0 aliphatic heterocycles. The molecule has 0 saturated carbocycles. The lowest BCUT2D eigenvalue weighted by molar-refractivity contribution is 0.660. The highest BCUT2D eigenvalue weighted by Crippen LogP contribution is 2.49. The van der Waals surface area contributed by atoms with Gasteiger partial charge in [0.25, 0.3) is 0 Å². The molecule has 2 heteroatoms. The molecule has 0 radical (unpaired) electrons. The Bertz CT molecular complexity index is 3230. The van der Waals surface area contributed by atoms with Gasteiger partial charge in [0.1, 0.15) is 0 Å². The van der Waals surface area contributed by atoms with Crippen molar-refractivity contribution in [3.63, 3.8) is 0 Å². The van der Waals surface area contributed by atoms with Crippen molar-refractivity contribution in [1.29, 1.82) is 0 Å². The minimum absolute atomic E-state index is 0.0494. The van der Waals surface area contributed by atoms with Crippen molar-refractivity contribution in [1.82, 2.24) is 9.97 Å². The lowest BCUT2D eigenvalue weighted by Crippen LogP contribution is -2.14. The number of hydrogen-bond donors (Lipinski definition) is 0. The SMILES string of the molecule is CC1(C)c2ccccc2-c2ccc(-c3cccc(-c4ccc(-c5cc(-c6ccc7ccccc7c6)nc(-c6ccc(-c7ccccc7)cc6)n5)c5ccccc45)c3)cc21. The van der Waals surface area contributed by atoms with Crippen molar-refractivity contribution in [2.75, 3.05) is 0 Å². The van der Waals surface area contributed by atoms with Crippen molar-refractivity contribution < 1.29 is 0 Å². The minimum Gasteiger partial charge on any atom is -0.228 e. The zero-order valence-corrected chi connectivity index (χ0v) is 33.0. The highest BCUT2D eigenvalue weighted by Gasteiger charge is 2.35. The Kier molecular flexibility index (Phi) is 8.20. The largest absolute Gasteiger partial charge is 0.228 e. The van der Waals surface area contributed by atoms with E-state index in [2.05, 4.69) is 214 Å². The Labute approximate surface area is 345 Å². The summed E-state index contributed by atoms with van der Waals surface area (Å²) in [5, 5.41) is 4.73. The Morgan fingerprint density at radius 1 is 0.305 bits per heavy atom. The van der Waals surface area contributed by atoms with E-state index in [1.807, 2.05) is 6.07 Å². The van der Waals surface area contributed by atoms with Gasteiger partial charge in [-0.3, -0.25) is 0 Å². The average molecular weight is 753 g/mol. The topological polar surface area (TPSA) is 25.8 Å². The predicted octanol–water partition coefficient (Wildman–Crippen LogP) is 15.1. The standard InChI is InChI=1S/C57H40N2/c1-57(2)52-22-11-10-21-49(52)50-30-29-43(35-53(50)57)42-17-12-18-44(33-42)46-31-32-51(48-20-9-8-19-47(46)48)55-36-54(45-28-25-38-15-6-7-16-41(38)34-45)58-56(59-55)40-26-23-39(24-27-40)37-13-4-3-5-14-37/h3-36H,1-2H3. The number of nitrogens with zero attached hydrogens (tertiary/aromatic N) is 2. The highest BCUT2D eigenvalue weighted by molar-refractivity contribution is 6.05. The maximum atomic E-state index is 5.31. The number of benzene rings is 9. The summed E-state index contributed by atoms with van der Waals surface area (Å²) in [6, 6.07) is 74.4. The van der Waals surface area contributed by atoms with Crippen molar-refractivity contribution >= 4 is 21.5 Å². The van der Waals surface area contributed by atoms with Crippen molar-refractivity contribution in [2.24, 2.45) is 0 Å². The van der Waals surface area contributed by atoms with Crippen molar-refractivity contribution in [3.05, 3.63) is 217 Å². The van der Waals surface area contributed by atoms with Crippen LogP contribution in [0.2, 0.25) is 0 Å². The van der Waals surface area contributed by atoms with E-state index in [0.717, 1.165) is 39.0 Å². The molecule has 0 saturated heterocycles. The van der Waals surface area contributed by atoms with Gasteiger partial charge >= 0.3 is 0 Å². The maximum absolute atomic E-state index is 5.31. The molecule has 0 atom stereocenters. The van der Waals surface area contributed by atoms with Gasteiger partial charge in [-0.25, -0.2) is 9.97 Å². The summed E-state index contributed by atoms with van der Waals surface area (Å²) in [6.45, 7) is 4.69. The van der Waals surface area contributed by atoms with Crippen LogP contribution >= 0.6 is 0 Å². The lowest BCUT2D eigenvalue weighted by Gasteiger charge is -2.22. The lowest BCUT2D eigenvalue weighted by atomic mass is 9.81. The summed E-state index contributed by atoms with van der Waals surface area (Å²) in [5.41, 5.74) is 17.5. The summed E-state index contributed by atoms with van der Waals surface area (Å²) >= 11 is 0. The van der Waals surface area contributed by atoms with Gasteiger partial charge in [-0.2, -0.15) is 0 Å². The molecule has 0 bridgehead atoms. The minimum atomic E-state index is -0.0494. The molecule has 10 aromatic rings. The van der Waals surface area contributed by atoms with Gasteiger partial charge < -0.3 is 0 Å². The van der Waals surface area contributed by atoms with Gasteiger partial charge in [-0.05, 0) is 101 Å². The second-order valence-corrected chi connectivity index (χ2v) is 16.2. The van der Waals surface area contributed by atoms with Gasteiger partial charge in [-0.15, -0.1) is 0 Å². The van der Waals surface area contributed by atoms with Crippen LogP contribution in [0.25, 0.3) is 100.0 Å². The Balaban J connectivity index is 1.02. The van der Waals surface area contributed by atoms with Gasteiger partial charge in [0.2, 0.25) is 0 Å². The number of rotatable bonds is 6. The van der Waals surface area contributed by atoms with E-state index in [4.69, 9.17) is 9.97 Å². The molecule has 1 aliphatic carbocycles. The quantitative estimate of drug-likeness (QED) is 0.169. The van der Waals surface area contributed by atoms with E-state index < -0.39 is 0 Å². The second-order valence-electron chi connectivity index (χ2n) is 16.2. The summed E-state index contributed by atoms with van der Waals surface area (Å²) in [4.78, 5) is 10.5. The number of fused-ring (bicyclic) bond motifs is 5. The van der Waals surface area contributed by atoms with Crippen LogP contribution in [0, 0.1) is 0 Å². The molecule has 0 amide bonds. The van der Waals surface area contributed by atoms with E-state index in [9.17, 15) is 0 Å². The number of hydrogen-bond acceptors (Lipinski definition) is 2. The van der Waals surface area contributed by atoms with Crippen LogP contribution in [-0.4, -0.2) is 9.97 Å². The molecule has 9 aromatic carbocycles. The molecule has 2 nitrogen and oxygen atoms in total. The van der Waals surface area contributed by atoms with Gasteiger partial charge in [0.15, 0.2) is 5.82 Å². The first kappa shape index (κ1) is 34.8. The molecular weight excluding hydrogens is 713 g/mol. The van der Waals surface area contributed by atoms with E-state index in [0.29, 0.717) is 5.82 Å². The molecule has 11 rings (SSSR count). The third-order valence-corrected chi connectivity index (χ3v) is 12.3. The van der Waals surface area contributed by atoms with Crippen LogP contribution in [0.4, 0.5) is 0 Å². The van der Waals surface area contributed by atoms with E-state index in [1.54, 1.807) is 0 Å². The average Bonchev–Trinajstić information content (AvgIpc) is 3.53. The molecule has 1 aliphatic rings. The summed E-state index contributed by atoms with van der Waals surface area (Å²) in [7, 11) is 0. The van der Waals surface area contributed by atoms with Crippen LogP contribution in [0.1, 0.15) is 25.0 Å². The highest BCUT2D eigenvalue weighted by atomic mass is 14.9. The van der Waals surface area contributed by atoms with Crippen LogP contribution in [0.15, 0.2) is 206 Å². The van der Waals surface area contributed by atoms with Crippen molar-refractivity contribution in [2.45, 2.75) is 19.3 Å². The first-order valence-electron chi connectivity index (χ1n) is 20.4. The maximum Gasteiger partial charge on any atom is 0.160 e. The summed E-state index contributed by atoms with van der Waals surface area (Å²) < 4.78 is 0. The monoisotopic (exact) mass is 752 g/mol. The third kappa shape index (κ3) is 6.04. The van der Waals surface area contributed by atoms with E-state index in [-0.39, 0.29) is 5.41 Å². The zero-order chi connectivity index (χ0) is 39.5. The fourth-order valence-corrected chi connectivity index (χ4v) is 9.18. The first-order valence-corrected chi connectivity index (χ1v) is 20.4. The van der Waals surface area contributed by atoms with Gasteiger partial charge in [0.05, 0.1) is 11.4 Å². The fourth-order valence-electron chi connectivity index (χ4n) is 9.18.